The maximum atomic E-state index is 9.14. The lowest BCUT2D eigenvalue weighted by atomic mass is 9.84. The van der Waals surface area contributed by atoms with Gasteiger partial charge in [0.15, 0.2) is 0 Å². The highest BCUT2D eigenvalue weighted by Gasteiger charge is 2.36. The van der Waals surface area contributed by atoms with Crippen molar-refractivity contribution in [1.29, 1.82) is 0 Å². The number of nitrogens with one attached hydrogen (secondary N) is 1. The van der Waals surface area contributed by atoms with Crippen molar-refractivity contribution in [2.24, 2.45) is 5.41 Å². The molecule has 4 nitrogen and oxygen atoms in total. The summed E-state index contributed by atoms with van der Waals surface area (Å²) in [6.07, 6.45) is 5.11. The summed E-state index contributed by atoms with van der Waals surface area (Å²) >= 11 is 0. The molecule has 114 valence electrons. The SMILES string of the molecule is CC(C)(C)NCC1(CN(CCO)CCO)CCCC1. The Balaban J connectivity index is 2.59. The third kappa shape index (κ3) is 6.21. The highest BCUT2D eigenvalue weighted by atomic mass is 16.3. The summed E-state index contributed by atoms with van der Waals surface area (Å²) < 4.78 is 0. The van der Waals surface area contributed by atoms with Crippen molar-refractivity contribution in [1.82, 2.24) is 10.2 Å². The first-order chi connectivity index (χ1) is 8.91. The number of nitrogens with zero attached hydrogens (tertiary/aromatic N) is 1. The highest BCUT2D eigenvalue weighted by Crippen LogP contribution is 2.38. The average molecular weight is 272 g/mol. The van der Waals surface area contributed by atoms with E-state index in [1.807, 2.05) is 0 Å². The molecule has 0 aromatic carbocycles. The van der Waals surface area contributed by atoms with E-state index in [9.17, 15) is 0 Å². The van der Waals surface area contributed by atoms with Crippen LogP contribution in [0.4, 0.5) is 0 Å². The molecule has 0 atom stereocenters. The van der Waals surface area contributed by atoms with Crippen molar-refractivity contribution >= 4 is 0 Å². The molecule has 0 saturated heterocycles. The zero-order valence-corrected chi connectivity index (χ0v) is 12.9. The maximum absolute atomic E-state index is 9.14. The monoisotopic (exact) mass is 272 g/mol. The third-order valence-corrected chi connectivity index (χ3v) is 4.05. The third-order valence-electron chi connectivity index (χ3n) is 4.05. The molecule has 19 heavy (non-hydrogen) atoms. The van der Waals surface area contributed by atoms with Crippen molar-refractivity contribution in [2.45, 2.75) is 52.0 Å². The molecule has 4 heteroatoms. The fraction of sp³-hybridized carbons (Fsp3) is 1.00. The number of aliphatic hydroxyl groups is 2. The van der Waals surface area contributed by atoms with E-state index in [-0.39, 0.29) is 18.8 Å². The van der Waals surface area contributed by atoms with Gasteiger partial charge >= 0.3 is 0 Å². The van der Waals surface area contributed by atoms with Gasteiger partial charge in [0.25, 0.3) is 0 Å². The molecule has 1 rings (SSSR count). The lowest BCUT2D eigenvalue weighted by Crippen LogP contribution is -2.48. The van der Waals surface area contributed by atoms with Crippen LogP contribution in [0.15, 0.2) is 0 Å². The Hall–Kier alpha value is -0.160. The van der Waals surface area contributed by atoms with Crippen LogP contribution in [-0.4, -0.2) is 60.0 Å². The van der Waals surface area contributed by atoms with Gasteiger partial charge in [0, 0.05) is 31.7 Å². The van der Waals surface area contributed by atoms with Crippen molar-refractivity contribution < 1.29 is 10.2 Å². The quantitative estimate of drug-likeness (QED) is 0.622. The largest absolute Gasteiger partial charge is 0.395 e. The van der Waals surface area contributed by atoms with Crippen molar-refractivity contribution in [3.05, 3.63) is 0 Å². The summed E-state index contributed by atoms with van der Waals surface area (Å²) in [4.78, 5) is 2.20. The standard InChI is InChI=1S/C15H32N2O2/c1-14(2,3)16-12-15(6-4-5-7-15)13-17(8-10-18)9-11-19/h16,18-19H,4-13H2,1-3H3. The number of hydrogen-bond donors (Lipinski definition) is 3. The molecule has 0 spiro atoms. The molecule has 0 unspecified atom stereocenters. The van der Waals surface area contributed by atoms with Crippen molar-refractivity contribution in [2.75, 3.05) is 39.4 Å². The van der Waals surface area contributed by atoms with Gasteiger partial charge in [-0.1, -0.05) is 12.8 Å². The number of aliphatic hydroxyl groups excluding tert-OH is 2. The van der Waals surface area contributed by atoms with E-state index in [0.29, 0.717) is 18.5 Å². The van der Waals surface area contributed by atoms with Crippen LogP contribution in [0.25, 0.3) is 0 Å². The molecule has 0 amide bonds. The Morgan fingerprint density at radius 3 is 2.00 bits per heavy atom. The maximum Gasteiger partial charge on any atom is 0.0558 e. The molecule has 0 heterocycles. The molecule has 1 aliphatic carbocycles. The van der Waals surface area contributed by atoms with Gasteiger partial charge in [-0.25, -0.2) is 0 Å². The first kappa shape index (κ1) is 16.9. The van der Waals surface area contributed by atoms with Gasteiger partial charge < -0.3 is 15.5 Å². The van der Waals surface area contributed by atoms with Gasteiger partial charge in [-0.05, 0) is 39.0 Å². The van der Waals surface area contributed by atoms with Gasteiger partial charge in [0.05, 0.1) is 13.2 Å². The summed E-state index contributed by atoms with van der Waals surface area (Å²) in [5, 5.41) is 21.9. The van der Waals surface area contributed by atoms with E-state index >= 15 is 0 Å². The fourth-order valence-electron chi connectivity index (χ4n) is 3.00. The molecule has 0 radical (unpaired) electrons. The molecule has 0 aliphatic heterocycles. The minimum atomic E-state index is 0.147. The van der Waals surface area contributed by atoms with Crippen LogP contribution in [0, 0.1) is 5.41 Å². The van der Waals surface area contributed by atoms with Gasteiger partial charge in [-0.3, -0.25) is 4.90 Å². The molecule has 0 bridgehead atoms. The Kier molecular flexibility index (Phi) is 6.74. The molecule has 0 aromatic heterocycles. The van der Waals surface area contributed by atoms with Gasteiger partial charge in [-0.2, -0.15) is 0 Å². The van der Waals surface area contributed by atoms with Crippen molar-refractivity contribution in [3.8, 4) is 0 Å². The zero-order valence-electron chi connectivity index (χ0n) is 12.9. The Labute approximate surface area is 118 Å². The highest BCUT2D eigenvalue weighted by molar-refractivity contribution is 4.91. The van der Waals surface area contributed by atoms with E-state index in [2.05, 4.69) is 31.0 Å². The molecule has 3 N–H and O–H groups in total. The second-order valence-corrected chi connectivity index (χ2v) is 7.03. The van der Waals surface area contributed by atoms with E-state index < -0.39 is 0 Å². The second kappa shape index (κ2) is 7.58. The zero-order chi connectivity index (χ0) is 14.4. The van der Waals surface area contributed by atoms with Crippen LogP contribution in [0.1, 0.15) is 46.5 Å². The van der Waals surface area contributed by atoms with Crippen LogP contribution in [-0.2, 0) is 0 Å². The van der Waals surface area contributed by atoms with E-state index in [0.717, 1.165) is 13.1 Å². The van der Waals surface area contributed by atoms with Gasteiger partial charge in [0.2, 0.25) is 0 Å². The first-order valence-corrected chi connectivity index (χ1v) is 7.60. The van der Waals surface area contributed by atoms with Crippen LogP contribution >= 0.6 is 0 Å². The Morgan fingerprint density at radius 2 is 1.58 bits per heavy atom. The molecular formula is C15H32N2O2. The van der Waals surface area contributed by atoms with Crippen LogP contribution in [0.3, 0.4) is 0 Å². The predicted octanol–water partition coefficient (Wildman–Crippen LogP) is 1.22. The number of hydrogen-bond acceptors (Lipinski definition) is 4. The lowest BCUT2D eigenvalue weighted by molar-refractivity contribution is 0.101. The fourth-order valence-corrected chi connectivity index (χ4v) is 3.00. The van der Waals surface area contributed by atoms with Gasteiger partial charge in [0.1, 0.15) is 0 Å². The summed E-state index contributed by atoms with van der Waals surface area (Å²) in [6, 6.07) is 0. The topological polar surface area (TPSA) is 55.7 Å². The lowest BCUT2D eigenvalue weighted by Gasteiger charge is -2.37. The van der Waals surface area contributed by atoms with E-state index in [1.54, 1.807) is 0 Å². The average Bonchev–Trinajstić information content (AvgIpc) is 2.76. The van der Waals surface area contributed by atoms with E-state index in [4.69, 9.17) is 10.2 Å². The summed E-state index contributed by atoms with van der Waals surface area (Å²) in [5.41, 5.74) is 0.464. The second-order valence-electron chi connectivity index (χ2n) is 7.03. The molecule has 1 fully saturated rings. The normalized spacial score (nSPS) is 19.3. The summed E-state index contributed by atoms with van der Waals surface area (Å²) in [7, 11) is 0. The van der Waals surface area contributed by atoms with Crippen LogP contribution in [0.5, 0.6) is 0 Å². The Bertz CT molecular complexity index is 239. The molecule has 1 saturated carbocycles. The van der Waals surface area contributed by atoms with Crippen LogP contribution in [0.2, 0.25) is 0 Å². The first-order valence-electron chi connectivity index (χ1n) is 7.60. The summed E-state index contributed by atoms with van der Waals surface area (Å²) in [6.45, 7) is 10.3. The van der Waals surface area contributed by atoms with Crippen molar-refractivity contribution in [3.63, 3.8) is 0 Å². The van der Waals surface area contributed by atoms with Crippen LogP contribution < -0.4 is 5.32 Å². The smallest absolute Gasteiger partial charge is 0.0558 e. The number of rotatable bonds is 8. The summed E-state index contributed by atoms with van der Waals surface area (Å²) in [5.74, 6) is 0. The van der Waals surface area contributed by atoms with Gasteiger partial charge in [-0.15, -0.1) is 0 Å². The molecular weight excluding hydrogens is 240 g/mol. The molecule has 0 aromatic rings. The van der Waals surface area contributed by atoms with E-state index in [1.165, 1.54) is 25.7 Å². The predicted molar refractivity (Wildman–Crippen MR) is 79.3 cm³/mol. The minimum Gasteiger partial charge on any atom is -0.395 e. The Morgan fingerprint density at radius 1 is 1.05 bits per heavy atom. The molecule has 1 aliphatic rings. The minimum absolute atomic E-state index is 0.147.